The van der Waals surface area contributed by atoms with Gasteiger partial charge in [0.1, 0.15) is 5.69 Å². The van der Waals surface area contributed by atoms with Gasteiger partial charge in [-0.3, -0.25) is 9.78 Å². The van der Waals surface area contributed by atoms with Crippen LogP contribution in [0.15, 0.2) is 44.5 Å². The van der Waals surface area contributed by atoms with Crippen molar-refractivity contribution in [3.05, 3.63) is 55.8 Å². The van der Waals surface area contributed by atoms with Crippen molar-refractivity contribution in [2.75, 3.05) is 5.32 Å². The van der Waals surface area contributed by atoms with Crippen LogP contribution in [0, 0.1) is 0 Å². The van der Waals surface area contributed by atoms with Gasteiger partial charge in [0.15, 0.2) is 0 Å². The molecule has 1 aromatic carbocycles. The van der Waals surface area contributed by atoms with Gasteiger partial charge in [-0.05, 0) is 24.3 Å². The van der Waals surface area contributed by atoms with Crippen LogP contribution in [0.25, 0.3) is 0 Å². The van der Waals surface area contributed by atoms with E-state index < -0.39 is 11.2 Å². The van der Waals surface area contributed by atoms with Crippen LogP contribution in [-0.2, 0) is 0 Å². The zero-order chi connectivity index (χ0) is 11.5. The molecule has 3 N–H and O–H groups in total. The lowest BCUT2D eigenvalue weighted by Gasteiger charge is -2.04. The molecule has 16 heavy (non-hydrogen) atoms. The first kappa shape index (κ1) is 10.7. The molecule has 0 saturated carbocycles. The van der Waals surface area contributed by atoms with Gasteiger partial charge in [-0.1, -0.05) is 15.9 Å². The second-order valence-corrected chi connectivity index (χ2v) is 4.03. The van der Waals surface area contributed by atoms with E-state index in [1.54, 1.807) is 0 Å². The Bertz CT molecular complexity index is 600. The summed E-state index contributed by atoms with van der Waals surface area (Å²) < 4.78 is 0.952. The molecule has 0 unspecified atom stereocenters. The van der Waals surface area contributed by atoms with E-state index in [0.717, 1.165) is 10.2 Å². The maximum atomic E-state index is 11.4. The predicted molar refractivity (Wildman–Crippen MR) is 65.1 cm³/mol. The number of halogens is 1. The summed E-state index contributed by atoms with van der Waals surface area (Å²) in [5.41, 5.74) is 0.0840. The molecule has 0 radical (unpaired) electrons. The van der Waals surface area contributed by atoms with Crippen LogP contribution in [0.2, 0.25) is 0 Å². The van der Waals surface area contributed by atoms with Crippen LogP contribution in [-0.4, -0.2) is 9.97 Å². The second kappa shape index (κ2) is 4.36. The normalized spacial score (nSPS) is 10.1. The minimum Gasteiger partial charge on any atom is -0.350 e. The number of hydrogen-bond donors (Lipinski definition) is 3. The van der Waals surface area contributed by atoms with Gasteiger partial charge in [0.25, 0.3) is 5.56 Å². The van der Waals surface area contributed by atoms with E-state index >= 15 is 0 Å². The van der Waals surface area contributed by atoms with Crippen molar-refractivity contribution in [1.82, 2.24) is 9.97 Å². The Kier molecular flexibility index (Phi) is 2.91. The third kappa shape index (κ3) is 2.40. The van der Waals surface area contributed by atoms with E-state index in [2.05, 4.69) is 31.2 Å². The fourth-order valence-corrected chi connectivity index (χ4v) is 1.46. The average Bonchev–Trinajstić information content (AvgIpc) is 2.25. The number of benzene rings is 1. The molecule has 0 aliphatic rings. The molecule has 1 heterocycles. The zero-order valence-corrected chi connectivity index (χ0v) is 9.67. The molecule has 0 spiro atoms. The third-order valence-electron chi connectivity index (χ3n) is 1.94. The van der Waals surface area contributed by atoms with Gasteiger partial charge in [0.05, 0.1) is 0 Å². The number of aromatic nitrogens is 2. The molecule has 0 amide bonds. The van der Waals surface area contributed by atoms with Gasteiger partial charge >= 0.3 is 5.69 Å². The van der Waals surface area contributed by atoms with Gasteiger partial charge in [-0.15, -0.1) is 0 Å². The van der Waals surface area contributed by atoms with Crippen LogP contribution >= 0.6 is 15.9 Å². The van der Waals surface area contributed by atoms with Crippen LogP contribution in [0.3, 0.4) is 0 Å². The summed E-state index contributed by atoms with van der Waals surface area (Å²) in [7, 11) is 0. The van der Waals surface area contributed by atoms with Gasteiger partial charge < -0.3 is 10.3 Å². The van der Waals surface area contributed by atoms with Gasteiger partial charge in [0.2, 0.25) is 0 Å². The van der Waals surface area contributed by atoms with E-state index in [9.17, 15) is 9.59 Å². The summed E-state index contributed by atoms with van der Waals surface area (Å²) in [5.74, 6) is 0. The molecule has 6 heteroatoms. The maximum absolute atomic E-state index is 11.4. The first-order valence-electron chi connectivity index (χ1n) is 4.50. The Hall–Kier alpha value is -1.82. The number of rotatable bonds is 2. The Morgan fingerprint density at radius 3 is 2.44 bits per heavy atom. The SMILES string of the molecule is O=c1[nH]cc(Nc2ccc(Br)cc2)c(=O)[nH]1. The summed E-state index contributed by atoms with van der Waals surface area (Å²) in [6, 6.07) is 7.33. The molecule has 0 aliphatic carbocycles. The van der Waals surface area contributed by atoms with E-state index in [-0.39, 0.29) is 0 Å². The van der Waals surface area contributed by atoms with Crippen molar-refractivity contribution < 1.29 is 0 Å². The van der Waals surface area contributed by atoms with Crippen molar-refractivity contribution >= 4 is 27.3 Å². The monoisotopic (exact) mass is 281 g/mol. The fourth-order valence-electron chi connectivity index (χ4n) is 1.19. The molecule has 2 rings (SSSR count). The molecular weight excluding hydrogens is 274 g/mol. The fraction of sp³-hybridized carbons (Fsp3) is 0. The molecule has 2 aromatic rings. The molecular formula is C10H8BrN3O2. The summed E-state index contributed by atoms with van der Waals surface area (Å²) in [6.07, 6.45) is 1.34. The first-order valence-corrected chi connectivity index (χ1v) is 5.29. The molecule has 0 saturated heterocycles. The molecule has 0 bridgehead atoms. The van der Waals surface area contributed by atoms with Crippen molar-refractivity contribution in [3.8, 4) is 0 Å². The van der Waals surface area contributed by atoms with Gasteiger partial charge in [-0.25, -0.2) is 4.79 Å². The van der Waals surface area contributed by atoms with Crippen molar-refractivity contribution in [2.45, 2.75) is 0 Å². The lowest BCUT2D eigenvalue weighted by Crippen LogP contribution is -2.23. The molecule has 0 aliphatic heterocycles. The molecule has 1 aromatic heterocycles. The van der Waals surface area contributed by atoms with E-state index in [4.69, 9.17) is 0 Å². The number of anilines is 2. The molecule has 0 atom stereocenters. The topological polar surface area (TPSA) is 77.8 Å². The van der Waals surface area contributed by atoms with Gasteiger partial charge in [-0.2, -0.15) is 0 Å². The second-order valence-electron chi connectivity index (χ2n) is 3.12. The summed E-state index contributed by atoms with van der Waals surface area (Å²) in [5, 5.41) is 2.89. The van der Waals surface area contributed by atoms with Gasteiger partial charge in [0, 0.05) is 16.4 Å². The van der Waals surface area contributed by atoms with Crippen LogP contribution < -0.4 is 16.6 Å². The van der Waals surface area contributed by atoms with E-state index in [1.165, 1.54) is 6.20 Å². The largest absolute Gasteiger partial charge is 0.350 e. The lowest BCUT2D eigenvalue weighted by molar-refractivity contribution is 1.04. The highest BCUT2D eigenvalue weighted by atomic mass is 79.9. The number of H-pyrrole nitrogens is 2. The van der Waals surface area contributed by atoms with Crippen molar-refractivity contribution in [1.29, 1.82) is 0 Å². The van der Waals surface area contributed by atoms with Crippen LogP contribution in [0.5, 0.6) is 0 Å². The first-order chi connectivity index (χ1) is 7.65. The zero-order valence-electron chi connectivity index (χ0n) is 8.08. The maximum Gasteiger partial charge on any atom is 0.325 e. The summed E-state index contributed by atoms with van der Waals surface area (Å²) >= 11 is 3.31. The Morgan fingerprint density at radius 2 is 1.81 bits per heavy atom. The van der Waals surface area contributed by atoms with Crippen LogP contribution in [0.1, 0.15) is 0 Å². The standard InChI is InChI=1S/C10H8BrN3O2/c11-6-1-3-7(4-2-6)13-8-5-12-10(16)14-9(8)15/h1-5,13H,(H2,12,14,15,16). The molecule has 0 fully saturated rings. The molecule has 82 valence electrons. The van der Waals surface area contributed by atoms with Crippen molar-refractivity contribution in [2.24, 2.45) is 0 Å². The highest BCUT2D eigenvalue weighted by Crippen LogP contribution is 2.16. The number of nitrogens with one attached hydrogen (secondary N) is 3. The van der Waals surface area contributed by atoms with E-state index in [1.807, 2.05) is 24.3 Å². The Morgan fingerprint density at radius 1 is 1.12 bits per heavy atom. The minimum atomic E-state index is -0.522. The van der Waals surface area contributed by atoms with Crippen LogP contribution in [0.4, 0.5) is 11.4 Å². The predicted octanol–water partition coefficient (Wildman–Crippen LogP) is 1.57. The quantitative estimate of drug-likeness (QED) is 0.782. The average molecular weight is 282 g/mol. The minimum absolute atomic E-state index is 0.293. The number of aromatic amines is 2. The smallest absolute Gasteiger partial charge is 0.325 e. The highest BCUT2D eigenvalue weighted by molar-refractivity contribution is 9.10. The van der Waals surface area contributed by atoms with E-state index in [0.29, 0.717) is 5.69 Å². The Labute approximate surface area is 98.7 Å². The molecule has 5 nitrogen and oxygen atoms in total. The Balaban J connectivity index is 2.30. The van der Waals surface area contributed by atoms with Crippen molar-refractivity contribution in [3.63, 3.8) is 0 Å². The number of hydrogen-bond acceptors (Lipinski definition) is 3. The third-order valence-corrected chi connectivity index (χ3v) is 2.47. The highest BCUT2D eigenvalue weighted by Gasteiger charge is 2.00. The lowest BCUT2D eigenvalue weighted by atomic mass is 10.3. The summed E-state index contributed by atoms with van der Waals surface area (Å²) in [6.45, 7) is 0. The summed E-state index contributed by atoms with van der Waals surface area (Å²) in [4.78, 5) is 26.7.